The second-order valence-corrected chi connectivity index (χ2v) is 8.21. The molecule has 32 heavy (non-hydrogen) atoms. The number of pyridine rings is 1. The van der Waals surface area contributed by atoms with E-state index in [0.717, 1.165) is 29.7 Å². The highest BCUT2D eigenvalue weighted by molar-refractivity contribution is 5.82. The highest BCUT2D eigenvalue weighted by atomic mass is 16.2. The van der Waals surface area contributed by atoms with Crippen LogP contribution in [0.25, 0.3) is 11.1 Å². The van der Waals surface area contributed by atoms with E-state index in [9.17, 15) is 9.59 Å². The lowest BCUT2D eigenvalue weighted by molar-refractivity contribution is -0.135. The number of carbonyl (C=O) groups is 2. The van der Waals surface area contributed by atoms with Crippen molar-refractivity contribution in [3.05, 3.63) is 72.8 Å². The highest BCUT2D eigenvalue weighted by Crippen LogP contribution is 2.22. The molecule has 0 radical (unpaired) electrons. The Labute approximate surface area is 188 Å². The second-order valence-electron chi connectivity index (χ2n) is 8.21. The minimum absolute atomic E-state index is 0.00299. The molecule has 7 nitrogen and oxygen atoms in total. The second kappa shape index (κ2) is 10.2. The molecular weight excluding hydrogens is 402 g/mol. The summed E-state index contributed by atoms with van der Waals surface area (Å²) in [6.45, 7) is 4.56. The third-order valence-electron chi connectivity index (χ3n) is 5.88. The van der Waals surface area contributed by atoms with Gasteiger partial charge in [-0.3, -0.25) is 19.3 Å². The summed E-state index contributed by atoms with van der Waals surface area (Å²) in [5, 5.41) is 4.14. The molecule has 1 aliphatic rings. The van der Waals surface area contributed by atoms with Gasteiger partial charge in [-0.05, 0) is 41.7 Å². The lowest BCUT2D eigenvalue weighted by atomic mass is 9.96. The molecule has 1 fully saturated rings. The topological polar surface area (TPSA) is 71.3 Å². The van der Waals surface area contributed by atoms with Crippen molar-refractivity contribution in [3.63, 3.8) is 0 Å². The maximum atomic E-state index is 13.3. The predicted molar refractivity (Wildman–Crippen MR) is 123 cm³/mol. The third kappa shape index (κ3) is 5.22. The van der Waals surface area contributed by atoms with Gasteiger partial charge in [0.15, 0.2) is 0 Å². The first-order valence-corrected chi connectivity index (χ1v) is 11.2. The fourth-order valence-electron chi connectivity index (χ4n) is 4.20. The van der Waals surface area contributed by atoms with E-state index in [1.54, 1.807) is 29.3 Å². The van der Waals surface area contributed by atoms with Crippen LogP contribution in [-0.4, -0.2) is 62.6 Å². The number of hydrogen-bond acceptors (Lipinski definition) is 4. The van der Waals surface area contributed by atoms with Crippen LogP contribution in [0.15, 0.2) is 67.3 Å². The summed E-state index contributed by atoms with van der Waals surface area (Å²) < 4.78 is 1.63. The van der Waals surface area contributed by atoms with E-state index in [0.29, 0.717) is 26.1 Å². The zero-order valence-electron chi connectivity index (χ0n) is 18.4. The Balaban J connectivity index is 1.49. The summed E-state index contributed by atoms with van der Waals surface area (Å²) >= 11 is 0. The zero-order valence-corrected chi connectivity index (χ0v) is 18.4. The summed E-state index contributed by atoms with van der Waals surface area (Å²) in [4.78, 5) is 34.1. The van der Waals surface area contributed by atoms with E-state index in [2.05, 4.69) is 41.3 Å². The molecule has 1 aromatic carbocycles. The van der Waals surface area contributed by atoms with Gasteiger partial charge in [0.1, 0.15) is 6.54 Å². The smallest absolute Gasteiger partial charge is 0.244 e. The molecule has 0 unspecified atom stereocenters. The van der Waals surface area contributed by atoms with E-state index >= 15 is 0 Å². The molecule has 0 aliphatic carbocycles. The maximum Gasteiger partial charge on any atom is 0.244 e. The Morgan fingerprint density at radius 1 is 1.06 bits per heavy atom. The number of carbonyl (C=O) groups excluding carboxylic acids is 2. The summed E-state index contributed by atoms with van der Waals surface area (Å²) in [5.41, 5.74) is 3.25. The van der Waals surface area contributed by atoms with Crippen LogP contribution in [0.2, 0.25) is 0 Å². The first kappa shape index (κ1) is 21.7. The largest absolute Gasteiger partial charge is 0.341 e. The lowest BCUT2D eigenvalue weighted by Gasteiger charge is -2.24. The fourth-order valence-corrected chi connectivity index (χ4v) is 4.20. The lowest BCUT2D eigenvalue weighted by Crippen LogP contribution is -2.39. The van der Waals surface area contributed by atoms with Crippen molar-refractivity contribution in [1.29, 1.82) is 0 Å². The molecule has 1 saturated heterocycles. The summed E-state index contributed by atoms with van der Waals surface area (Å²) in [7, 11) is 0. The first-order chi connectivity index (χ1) is 15.6. The van der Waals surface area contributed by atoms with Crippen molar-refractivity contribution in [2.45, 2.75) is 26.3 Å². The van der Waals surface area contributed by atoms with Gasteiger partial charge in [0.05, 0.1) is 5.92 Å². The monoisotopic (exact) mass is 431 g/mol. The number of amides is 2. The highest BCUT2D eigenvalue weighted by Gasteiger charge is 2.32. The van der Waals surface area contributed by atoms with Crippen LogP contribution in [0.3, 0.4) is 0 Å². The number of nitrogens with zero attached hydrogens (tertiary/aromatic N) is 5. The van der Waals surface area contributed by atoms with Crippen molar-refractivity contribution in [2.75, 3.05) is 26.2 Å². The average molecular weight is 432 g/mol. The molecular formula is C25H29N5O2. The van der Waals surface area contributed by atoms with Gasteiger partial charge in [0.25, 0.3) is 0 Å². The number of hydrogen-bond donors (Lipinski definition) is 0. The molecule has 0 N–H and O–H groups in total. The number of aromatic nitrogens is 3. The van der Waals surface area contributed by atoms with Gasteiger partial charge in [-0.15, -0.1) is 0 Å². The van der Waals surface area contributed by atoms with Gasteiger partial charge >= 0.3 is 0 Å². The van der Waals surface area contributed by atoms with Crippen molar-refractivity contribution >= 4 is 11.8 Å². The minimum atomic E-state index is -0.255. The molecule has 1 atom stereocenters. The Hall–Kier alpha value is -3.48. The predicted octanol–water partition coefficient (Wildman–Crippen LogP) is 2.88. The van der Waals surface area contributed by atoms with E-state index in [4.69, 9.17) is 0 Å². The molecule has 166 valence electrons. The molecule has 2 aromatic heterocycles. The van der Waals surface area contributed by atoms with Gasteiger partial charge in [-0.1, -0.05) is 37.3 Å². The number of rotatable bonds is 7. The zero-order chi connectivity index (χ0) is 22.3. The molecule has 3 aromatic rings. The van der Waals surface area contributed by atoms with Crippen LogP contribution in [0.1, 0.15) is 18.9 Å². The molecule has 0 saturated carbocycles. The van der Waals surface area contributed by atoms with E-state index in [-0.39, 0.29) is 24.3 Å². The van der Waals surface area contributed by atoms with Crippen LogP contribution in [0.5, 0.6) is 0 Å². The van der Waals surface area contributed by atoms with Gasteiger partial charge < -0.3 is 9.80 Å². The van der Waals surface area contributed by atoms with Crippen molar-refractivity contribution < 1.29 is 9.59 Å². The Kier molecular flexibility index (Phi) is 6.94. The van der Waals surface area contributed by atoms with Gasteiger partial charge in [-0.25, -0.2) is 0 Å². The van der Waals surface area contributed by atoms with Crippen molar-refractivity contribution in [3.8, 4) is 11.1 Å². The Bertz CT molecular complexity index is 1020. The van der Waals surface area contributed by atoms with Gasteiger partial charge in [-0.2, -0.15) is 5.10 Å². The normalized spacial score (nSPS) is 16.8. The third-order valence-corrected chi connectivity index (χ3v) is 5.88. The van der Waals surface area contributed by atoms with Crippen LogP contribution >= 0.6 is 0 Å². The van der Waals surface area contributed by atoms with E-state index in [1.807, 2.05) is 28.1 Å². The van der Waals surface area contributed by atoms with Crippen LogP contribution in [0, 0.1) is 5.92 Å². The van der Waals surface area contributed by atoms with E-state index < -0.39 is 0 Å². The molecule has 4 rings (SSSR count). The maximum absolute atomic E-state index is 13.3. The fraction of sp³-hybridized carbons (Fsp3) is 0.360. The van der Waals surface area contributed by atoms with Crippen molar-refractivity contribution in [2.24, 2.45) is 5.92 Å². The van der Waals surface area contributed by atoms with E-state index in [1.165, 1.54) is 0 Å². The van der Waals surface area contributed by atoms with Gasteiger partial charge in [0.2, 0.25) is 11.8 Å². The molecule has 3 heterocycles. The SMILES string of the molecule is CCCN1CCN(C(=O)Cn2cccn2)C[C@@H](Cc2ccc(-c3cccnc3)cc2)C1=O. The first-order valence-electron chi connectivity index (χ1n) is 11.2. The quantitative estimate of drug-likeness (QED) is 0.577. The molecule has 0 spiro atoms. The average Bonchev–Trinajstić information content (AvgIpc) is 3.28. The minimum Gasteiger partial charge on any atom is -0.341 e. The van der Waals surface area contributed by atoms with Crippen LogP contribution in [0.4, 0.5) is 0 Å². The van der Waals surface area contributed by atoms with Crippen LogP contribution < -0.4 is 0 Å². The molecule has 7 heteroatoms. The number of benzene rings is 1. The summed E-state index contributed by atoms with van der Waals surface area (Å²) in [5.74, 6) is -0.121. The standard InChI is InChI=1S/C25H29N5O2/c1-2-12-28-14-15-29(24(31)19-30-13-4-11-27-30)18-23(25(28)32)16-20-6-8-21(9-7-20)22-5-3-10-26-17-22/h3-11,13,17,23H,2,12,14-16,18-19H2,1H3/t23-/m1/s1. The Morgan fingerprint density at radius 3 is 2.59 bits per heavy atom. The summed E-state index contributed by atoms with van der Waals surface area (Å²) in [6, 6.07) is 14.0. The summed E-state index contributed by atoms with van der Waals surface area (Å²) in [6.07, 6.45) is 8.57. The molecule has 2 amide bonds. The van der Waals surface area contributed by atoms with Gasteiger partial charge in [0, 0.05) is 51.0 Å². The molecule has 0 bridgehead atoms. The molecule has 1 aliphatic heterocycles. The van der Waals surface area contributed by atoms with Crippen LogP contribution in [-0.2, 0) is 22.6 Å². The van der Waals surface area contributed by atoms with Crippen molar-refractivity contribution in [1.82, 2.24) is 24.6 Å². The Morgan fingerprint density at radius 2 is 1.91 bits per heavy atom.